The molecule has 0 spiro atoms. The molecule has 0 aliphatic rings. The Morgan fingerprint density at radius 2 is 1.89 bits per heavy atom. The number of hydrogen-bond donors (Lipinski definition) is 3. The summed E-state index contributed by atoms with van der Waals surface area (Å²) >= 11 is 0. The molecule has 4 N–H and O–H groups in total. The molecule has 0 aliphatic heterocycles. The van der Waals surface area contributed by atoms with Crippen LogP contribution in [-0.2, 0) is 0 Å². The molecule has 0 saturated heterocycles. The maximum atomic E-state index is 13.0. The first-order chi connectivity index (χ1) is 9.16. The van der Waals surface area contributed by atoms with E-state index in [-0.39, 0.29) is 5.82 Å². The quantitative estimate of drug-likeness (QED) is 0.659. The standard InChI is InChI=1S/C13H12FN5/c1-7-10(6-16-17-7)12-11(13(15)19-18-12)8-2-4-9(14)5-3-8/h2-6H,1H3,(H,16,17)(H3,15,18,19). The van der Waals surface area contributed by atoms with E-state index in [9.17, 15) is 4.39 Å². The summed E-state index contributed by atoms with van der Waals surface area (Å²) in [7, 11) is 0. The summed E-state index contributed by atoms with van der Waals surface area (Å²) in [6.07, 6.45) is 1.70. The Balaban J connectivity index is 2.19. The van der Waals surface area contributed by atoms with E-state index in [1.165, 1.54) is 12.1 Å². The van der Waals surface area contributed by atoms with Crippen molar-refractivity contribution in [3.05, 3.63) is 42.0 Å². The molecule has 1 aromatic carbocycles. The molecule has 6 heteroatoms. The van der Waals surface area contributed by atoms with Gasteiger partial charge in [-0.25, -0.2) is 4.39 Å². The molecule has 96 valence electrons. The number of H-pyrrole nitrogens is 2. The summed E-state index contributed by atoms with van der Waals surface area (Å²) in [6.45, 7) is 1.91. The van der Waals surface area contributed by atoms with E-state index in [0.29, 0.717) is 5.82 Å². The summed E-state index contributed by atoms with van der Waals surface area (Å²) < 4.78 is 13.0. The minimum Gasteiger partial charge on any atom is -0.382 e. The number of aryl methyl sites for hydroxylation is 1. The number of benzene rings is 1. The normalized spacial score (nSPS) is 10.8. The Morgan fingerprint density at radius 1 is 1.16 bits per heavy atom. The molecule has 5 nitrogen and oxygen atoms in total. The van der Waals surface area contributed by atoms with Crippen LogP contribution in [-0.4, -0.2) is 20.4 Å². The number of anilines is 1. The molecular formula is C13H12FN5. The molecule has 0 aliphatic carbocycles. The summed E-state index contributed by atoms with van der Waals surface area (Å²) in [6, 6.07) is 6.15. The Kier molecular flexibility index (Phi) is 2.56. The van der Waals surface area contributed by atoms with Gasteiger partial charge in [0.2, 0.25) is 0 Å². The highest BCUT2D eigenvalue weighted by Gasteiger charge is 2.17. The third-order valence-corrected chi connectivity index (χ3v) is 3.03. The first kappa shape index (κ1) is 11.5. The summed E-state index contributed by atoms with van der Waals surface area (Å²) in [5, 5.41) is 13.8. The molecule has 0 fully saturated rings. The fourth-order valence-electron chi connectivity index (χ4n) is 2.06. The van der Waals surface area contributed by atoms with Crippen molar-refractivity contribution in [3.63, 3.8) is 0 Å². The number of aromatic nitrogens is 4. The summed E-state index contributed by atoms with van der Waals surface area (Å²) in [5.74, 6) is 0.0917. The van der Waals surface area contributed by atoms with E-state index in [0.717, 1.165) is 28.1 Å². The van der Waals surface area contributed by atoms with E-state index in [4.69, 9.17) is 5.73 Å². The van der Waals surface area contributed by atoms with Gasteiger partial charge in [-0.2, -0.15) is 10.2 Å². The van der Waals surface area contributed by atoms with Crippen LogP contribution in [0.5, 0.6) is 0 Å². The number of nitrogens with one attached hydrogen (secondary N) is 2. The third kappa shape index (κ3) is 1.87. The van der Waals surface area contributed by atoms with Crippen molar-refractivity contribution in [3.8, 4) is 22.4 Å². The van der Waals surface area contributed by atoms with Gasteiger partial charge in [-0.3, -0.25) is 10.2 Å². The maximum absolute atomic E-state index is 13.0. The van der Waals surface area contributed by atoms with E-state index < -0.39 is 0 Å². The van der Waals surface area contributed by atoms with Crippen molar-refractivity contribution in [1.82, 2.24) is 20.4 Å². The molecule has 3 rings (SSSR count). The van der Waals surface area contributed by atoms with Crippen LogP contribution >= 0.6 is 0 Å². The largest absolute Gasteiger partial charge is 0.382 e. The van der Waals surface area contributed by atoms with Gasteiger partial charge in [-0.1, -0.05) is 12.1 Å². The van der Waals surface area contributed by atoms with Crippen LogP contribution in [0.2, 0.25) is 0 Å². The van der Waals surface area contributed by atoms with Crippen LogP contribution in [0.4, 0.5) is 10.2 Å². The number of halogens is 1. The van der Waals surface area contributed by atoms with Crippen LogP contribution in [0.25, 0.3) is 22.4 Å². The molecule has 2 heterocycles. The topological polar surface area (TPSA) is 83.4 Å². The first-order valence-corrected chi connectivity index (χ1v) is 5.77. The second-order valence-corrected chi connectivity index (χ2v) is 4.27. The Labute approximate surface area is 108 Å². The van der Waals surface area contributed by atoms with Crippen LogP contribution in [0.1, 0.15) is 5.69 Å². The fraction of sp³-hybridized carbons (Fsp3) is 0.0769. The predicted molar refractivity (Wildman–Crippen MR) is 70.7 cm³/mol. The van der Waals surface area contributed by atoms with Gasteiger partial charge in [0.1, 0.15) is 5.82 Å². The van der Waals surface area contributed by atoms with E-state index in [1.54, 1.807) is 18.3 Å². The maximum Gasteiger partial charge on any atom is 0.153 e. The zero-order chi connectivity index (χ0) is 13.4. The van der Waals surface area contributed by atoms with Gasteiger partial charge in [0.25, 0.3) is 0 Å². The zero-order valence-electron chi connectivity index (χ0n) is 10.2. The van der Waals surface area contributed by atoms with Crippen LogP contribution < -0.4 is 5.73 Å². The van der Waals surface area contributed by atoms with Crippen molar-refractivity contribution in [2.45, 2.75) is 6.92 Å². The second kappa shape index (κ2) is 4.24. The molecular weight excluding hydrogens is 245 g/mol. The van der Waals surface area contributed by atoms with Gasteiger partial charge >= 0.3 is 0 Å². The predicted octanol–water partition coefficient (Wildman–Crippen LogP) is 2.50. The lowest BCUT2D eigenvalue weighted by molar-refractivity contribution is 0.628. The lowest BCUT2D eigenvalue weighted by Crippen LogP contribution is -1.89. The first-order valence-electron chi connectivity index (χ1n) is 5.77. The van der Waals surface area contributed by atoms with Gasteiger partial charge < -0.3 is 5.73 Å². The van der Waals surface area contributed by atoms with Gasteiger partial charge in [-0.15, -0.1) is 0 Å². The van der Waals surface area contributed by atoms with Gasteiger partial charge in [0.05, 0.1) is 17.5 Å². The fourth-order valence-corrected chi connectivity index (χ4v) is 2.06. The minimum atomic E-state index is -0.285. The van der Waals surface area contributed by atoms with Crippen molar-refractivity contribution >= 4 is 5.82 Å². The number of aromatic amines is 2. The Morgan fingerprint density at radius 3 is 2.53 bits per heavy atom. The van der Waals surface area contributed by atoms with Crippen LogP contribution in [0.15, 0.2) is 30.5 Å². The van der Waals surface area contributed by atoms with Crippen molar-refractivity contribution in [1.29, 1.82) is 0 Å². The lowest BCUT2D eigenvalue weighted by Gasteiger charge is -2.03. The smallest absolute Gasteiger partial charge is 0.153 e. The van der Waals surface area contributed by atoms with Crippen molar-refractivity contribution in [2.75, 3.05) is 5.73 Å². The molecule has 0 radical (unpaired) electrons. The minimum absolute atomic E-state index is 0.285. The summed E-state index contributed by atoms with van der Waals surface area (Å²) in [4.78, 5) is 0. The number of nitrogen functional groups attached to an aromatic ring is 1. The number of rotatable bonds is 2. The molecule has 0 atom stereocenters. The van der Waals surface area contributed by atoms with Gasteiger partial charge in [-0.05, 0) is 24.6 Å². The molecule has 0 bridgehead atoms. The lowest BCUT2D eigenvalue weighted by atomic mass is 10.0. The van der Waals surface area contributed by atoms with Crippen LogP contribution in [0.3, 0.4) is 0 Å². The van der Waals surface area contributed by atoms with Gasteiger partial charge in [0.15, 0.2) is 5.82 Å². The summed E-state index contributed by atoms with van der Waals surface area (Å²) in [5.41, 5.74) is 10.0. The zero-order valence-corrected chi connectivity index (χ0v) is 10.2. The highest BCUT2D eigenvalue weighted by molar-refractivity contribution is 5.88. The van der Waals surface area contributed by atoms with E-state index in [1.807, 2.05) is 6.92 Å². The number of hydrogen-bond acceptors (Lipinski definition) is 3. The Hall–Kier alpha value is -2.63. The number of nitrogens with two attached hydrogens (primary N) is 1. The van der Waals surface area contributed by atoms with Gasteiger partial charge in [0, 0.05) is 11.3 Å². The van der Waals surface area contributed by atoms with E-state index in [2.05, 4.69) is 20.4 Å². The average molecular weight is 257 g/mol. The average Bonchev–Trinajstić information content (AvgIpc) is 2.97. The SMILES string of the molecule is Cc1[nH]ncc1-c1[nH]nc(N)c1-c1ccc(F)cc1. The van der Waals surface area contributed by atoms with Crippen LogP contribution in [0, 0.1) is 12.7 Å². The van der Waals surface area contributed by atoms with Crippen molar-refractivity contribution < 1.29 is 4.39 Å². The number of nitrogens with zero attached hydrogens (tertiary/aromatic N) is 2. The molecule has 0 saturated carbocycles. The molecule has 0 unspecified atom stereocenters. The molecule has 2 aromatic heterocycles. The monoisotopic (exact) mass is 257 g/mol. The van der Waals surface area contributed by atoms with E-state index >= 15 is 0 Å². The Bertz CT molecular complexity index is 711. The molecule has 3 aromatic rings. The highest BCUT2D eigenvalue weighted by atomic mass is 19.1. The molecule has 0 amide bonds. The third-order valence-electron chi connectivity index (χ3n) is 3.03. The van der Waals surface area contributed by atoms with Crippen molar-refractivity contribution in [2.24, 2.45) is 0 Å². The molecule has 19 heavy (non-hydrogen) atoms. The highest BCUT2D eigenvalue weighted by Crippen LogP contribution is 2.35. The second-order valence-electron chi connectivity index (χ2n) is 4.27.